The second-order valence-corrected chi connectivity index (χ2v) is 8.39. The Bertz CT molecular complexity index is 622. The molecule has 152 valence electrons. The summed E-state index contributed by atoms with van der Waals surface area (Å²) in [4.78, 5) is 19.1. The van der Waals surface area contributed by atoms with E-state index in [9.17, 15) is 9.90 Å². The summed E-state index contributed by atoms with van der Waals surface area (Å²) >= 11 is 0. The maximum atomic E-state index is 12.9. The van der Waals surface area contributed by atoms with Crippen molar-refractivity contribution in [2.75, 3.05) is 53.4 Å². The first-order chi connectivity index (χ1) is 12.9. The Hall–Kier alpha value is -1.41. The van der Waals surface area contributed by atoms with Gasteiger partial charge in [0.15, 0.2) is 5.76 Å². The van der Waals surface area contributed by atoms with Crippen LogP contribution in [-0.2, 0) is 11.3 Å². The molecule has 3 heterocycles. The van der Waals surface area contributed by atoms with Crippen LogP contribution in [0.5, 0.6) is 0 Å². The molecule has 2 saturated heterocycles. The van der Waals surface area contributed by atoms with E-state index in [1.165, 1.54) is 0 Å². The van der Waals surface area contributed by atoms with Crippen LogP contribution in [0.4, 0.5) is 0 Å². The van der Waals surface area contributed by atoms with Gasteiger partial charge < -0.3 is 24.1 Å². The number of rotatable bonds is 6. The van der Waals surface area contributed by atoms with Crippen molar-refractivity contribution in [3.05, 3.63) is 23.7 Å². The normalized spacial score (nSPS) is 29.6. The summed E-state index contributed by atoms with van der Waals surface area (Å²) in [6.45, 7) is 8.90. The number of aliphatic hydroxyl groups is 1. The zero-order valence-electron chi connectivity index (χ0n) is 16.9. The van der Waals surface area contributed by atoms with Gasteiger partial charge in [-0.2, -0.15) is 0 Å². The number of hydrogen-bond donors (Lipinski definition) is 1. The third-order valence-electron chi connectivity index (χ3n) is 5.43. The minimum atomic E-state index is -0.0790. The number of carbonyl (C=O) groups excluding carboxylic acids is 1. The molecule has 2 aliphatic heterocycles. The van der Waals surface area contributed by atoms with Crippen LogP contribution in [0.1, 0.15) is 30.2 Å². The summed E-state index contributed by atoms with van der Waals surface area (Å²) in [7, 11) is 3.93. The van der Waals surface area contributed by atoms with Crippen LogP contribution >= 0.6 is 0 Å². The molecule has 27 heavy (non-hydrogen) atoms. The third kappa shape index (κ3) is 5.10. The smallest absolute Gasteiger partial charge is 0.289 e. The topological polar surface area (TPSA) is 69.4 Å². The quantitative estimate of drug-likeness (QED) is 0.799. The van der Waals surface area contributed by atoms with Gasteiger partial charge in [-0.25, -0.2) is 0 Å². The maximum absolute atomic E-state index is 12.9. The number of carbonyl (C=O) groups is 1. The average Bonchev–Trinajstić information content (AvgIpc) is 3.19. The minimum absolute atomic E-state index is 0.0790. The van der Waals surface area contributed by atoms with E-state index in [1.807, 2.05) is 30.0 Å². The predicted octanol–water partition coefficient (Wildman–Crippen LogP) is 1.13. The van der Waals surface area contributed by atoms with Gasteiger partial charge in [0.05, 0.1) is 18.8 Å². The zero-order valence-corrected chi connectivity index (χ0v) is 16.9. The van der Waals surface area contributed by atoms with Crippen LogP contribution in [-0.4, -0.2) is 91.3 Å². The highest BCUT2D eigenvalue weighted by Gasteiger charge is 2.37. The third-order valence-corrected chi connectivity index (χ3v) is 5.43. The maximum Gasteiger partial charge on any atom is 0.289 e. The lowest BCUT2D eigenvalue weighted by atomic mass is 9.96. The van der Waals surface area contributed by atoms with Crippen molar-refractivity contribution in [3.63, 3.8) is 0 Å². The second kappa shape index (κ2) is 8.73. The molecular formula is C20H33N3O4. The van der Waals surface area contributed by atoms with Crippen LogP contribution in [0.3, 0.4) is 0 Å². The van der Waals surface area contributed by atoms with Gasteiger partial charge in [0.2, 0.25) is 0 Å². The summed E-state index contributed by atoms with van der Waals surface area (Å²) in [5, 5.41) is 9.83. The highest BCUT2D eigenvalue weighted by atomic mass is 16.5. The minimum Gasteiger partial charge on any atom is -0.455 e. The van der Waals surface area contributed by atoms with Gasteiger partial charge in [-0.3, -0.25) is 9.69 Å². The van der Waals surface area contributed by atoms with Gasteiger partial charge in [-0.1, -0.05) is 0 Å². The molecule has 3 rings (SSSR count). The van der Waals surface area contributed by atoms with E-state index >= 15 is 0 Å². The molecular weight excluding hydrogens is 346 g/mol. The summed E-state index contributed by atoms with van der Waals surface area (Å²) in [5.41, 5.74) is 0. The molecule has 1 aromatic heterocycles. The number of furan rings is 1. The monoisotopic (exact) mass is 379 g/mol. The van der Waals surface area contributed by atoms with Crippen LogP contribution in [0, 0.1) is 11.8 Å². The highest BCUT2D eigenvalue weighted by Crippen LogP contribution is 2.27. The van der Waals surface area contributed by atoms with Gasteiger partial charge in [0.25, 0.3) is 5.91 Å². The molecule has 0 radical (unpaired) electrons. The van der Waals surface area contributed by atoms with Gasteiger partial charge in [0, 0.05) is 45.2 Å². The molecule has 2 aliphatic rings. The molecule has 0 aliphatic carbocycles. The van der Waals surface area contributed by atoms with E-state index in [-0.39, 0.29) is 36.6 Å². The first-order valence-corrected chi connectivity index (χ1v) is 9.87. The Labute approximate surface area is 161 Å². The largest absolute Gasteiger partial charge is 0.455 e. The lowest BCUT2D eigenvalue weighted by Gasteiger charge is -2.37. The number of morpholine rings is 1. The fraction of sp³-hybridized carbons (Fsp3) is 0.750. The van der Waals surface area contributed by atoms with E-state index in [0.717, 1.165) is 25.4 Å². The predicted molar refractivity (Wildman–Crippen MR) is 103 cm³/mol. The summed E-state index contributed by atoms with van der Waals surface area (Å²) in [5.74, 6) is 1.47. The van der Waals surface area contributed by atoms with Crippen molar-refractivity contribution < 1.29 is 19.1 Å². The number of nitrogens with zero attached hydrogens (tertiary/aromatic N) is 3. The molecule has 1 N–H and O–H groups in total. The number of hydrogen-bond acceptors (Lipinski definition) is 6. The molecule has 1 aromatic rings. The Morgan fingerprint density at radius 3 is 2.44 bits per heavy atom. The standard InChI is InChI=1S/C20H33N3O4/c1-14-7-22(8-15(2)26-14)9-16-10-23(11-17(16)13-24)20(25)19-6-5-18(27-19)12-21(3)4/h5-6,14-17,24H,7-13H2,1-4H3/t14-,15+,16-,17-/m1/s1. The van der Waals surface area contributed by atoms with Crippen molar-refractivity contribution in [1.29, 1.82) is 0 Å². The van der Waals surface area contributed by atoms with E-state index in [4.69, 9.17) is 9.15 Å². The van der Waals surface area contributed by atoms with Crippen molar-refractivity contribution in [1.82, 2.24) is 14.7 Å². The van der Waals surface area contributed by atoms with E-state index in [2.05, 4.69) is 18.7 Å². The van der Waals surface area contributed by atoms with E-state index < -0.39 is 0 Å². The molecule has 0 unspecified atom stereocenters. The van der Waals surface area contributed by atoms with Gasteiger partial charge in [0.1, 0.15) is 5.76 Å². The molecule has 1 amide bonds. The van der Waals surface area contributed by atoms with Crippen molar-refractivity contribution >= 4 is 5.91 Å². The fourth-order valence-corrected chi connectivity index (χ4v) is 4.33. The van der Waals surface area contributed by atoms with E-state index in [1.54, 1.807) is 6.07 Å². The number of likely N-dealkylation sites (tertiary alicyclic amines) is 1. The Kier molecular flexibility index (Phi) is 6.57. The Morgan fingerprint density at radius 1 is 1.15 bits per heavy atom. The van der Waals surface area contributed by atoms with Crippen LogP contribution in [0.25, 0.3) is 0 Å². The average molecular weight is 380 g/mol. The van der Waals surface area contributed by atoms with Crippen molar-refractivity contribution in [3.8, 4) is 0 Å². The molecule has 0 bridgehead atoms. The lowest BCUT2D eigenvalue weighted by molar-refractivity contribution is -0.0726. The van der Waals surface area contributed by atoms with Crippen molar-refractivity contribution in [2.24, 2.45) is 11.8 Å². The first-order valence-electron chi connectivity index (χ1n) is 9.87. The second-order valence-electron chi connectivity index (χ2n) is 8.39. The SMILES string of the molecule is C[C@@H]1CN(C[C@@H]2CN(C(=O)c3ccc(CN(C)C)o3)C[C@@H]2CO)C[C@H](C)O1. The Balaban J connectivity index is 1.61. The molecule has 0 spiro atoms. The summed E-state index contributed by atoms with van der Waals surface area (Å²) < 4.78 is 11.5. The molecule has 2 fully saturated rings. The number of aliphatic hydroxyl groups excluding tert-OH is 1. The van der Waals surface area contributed by atoms with Crippen LogP contribution in [0.15, 0.2) is 16.5 Å². The van der Waals surface area contributed by atoms with Gasteiger partial charge in [-0.05, 0) is 46.0 Å². The summed E-state index contributed by atoms with van der Waals surface area (Å²) in [6, 6.07) is 3.62. The zero-order chi connectivity index (χ0) is 19.6. The summed E-state index contributed by atoms with van der Waals surface area (Å²) in [6.07, 6.45) is 0.442. The highest BCUT2D eigenvalue weighted by molar-refractivity contribution is 5.91. The van der Waals surface area contributed by atoms with E-state index in [0.29, 0.717) is 25.4 Å². The van der Waals surface area contributed by atoms with Gasteiger partial charge in [-0.15, -0.1) is 0 Å². The molecule has 4 atom stereocenters. The number of amides is 1. The molecule has 0 aromatic carbocycles. The van der Waals surface area contributed by atoms with Crippen LogP contribution < -0.4 is 0 Å². The first kappa shape index (κ1) is 20.3. The fourth-order valence-electron chi connectivity index (χ4n) is 4.33. The molecule has 7 heteroatoms. The molecule has 7 nitrogen and oxygen atoms in total. The number of ether oxygens (including phenoxy) is 1. The Morgan fingerprint density at radius 2 is 1.81 bits per heavy atom. The van der Waals surface area contributed by atoms with Gasteiger partial charge >= 0.3 is 0 Å². The lowest BCUT2D eigenvalue weighted by Crippen LogP contribution is -2.48. The van der Waals surface area contributed by atoms with Crippen molar-refractivity contribution in [2.45, 2.75) is 32.6 Å². The van der Waals surface area contributed by atoms with Crippen LogP contribution in [0.2, 0.25) is 0 Å². The molecule has 0 saturated carbocycles.